The molecule has 1 aliphatic rings. The highest BCUT2D eigenvalue weighted by atomic mass is 16.5. The third kappa shape index (κ3) is 2.67. The van der Waals surface area contributed by atoms with Gasteiger partial charge in [-0.25, -0.2) is 0 Å². The van der Waals surface area contributed by atoms with Crippen LogP contribution in [0.25, 0.3) is 0 Å². The van der Waals surface area contributed by atoms with E-state index in [4.69, 9.17) is 9.47 Å². The number of nitrogens with one attached hydrogen (secondary N) is 1. The molecule has 1 N–H and O–H groups in total. The molecule has 0 aromatic heterocycles. The summed E-state index contributed by atoms with van der Waals surface area (Å²) in [6.45, 7) is 1.01. The fourth-order valence-corrected chi connectivity index (χ4v) is 1.85. The van der Waals surface area contributed by atoms with Gasteiger partial charge in [-0.05, 0) is 37.4 Å². The Bertz CT molecular complexity index is 348. The maximum absolute atomic E-state index is 5.39. The molecule has 0 spiro atoms. The van der Waals surface area contributed by atoms with Crippen LogP contribution in [-0.4, -0.2) is 26.8 Å². The summed E-state index contributed by atoms with van der Waals surface area (Å²) >= 11 is 0. The third-order valence-electron chi connectivity index (χ3n) is 2.89. The van der Waals surface area contributed by atoms with E-state index in [9.17, 15) is 0 Å². The van der Waals surface area contributed by atoms with Crippen molar-refractivity contribution in [2.75, 3.05) is 20.8 Å². The van der Waals surface area contributed by atoms with Crippen molar-refractivity contribution in [3.8, 4) is 11.5 Å². The van der Waals surface area contributed by atoms with Gasteiger partial charge in [-0.3, -0.25) is 0 Å². The van der Waals surface area contributed by atoms with E-state index in [1.165, 1.54) is 18.4 Å². The molecule has 0 saturated heterocycles. The van der Waals surface area contributed by atoms with Crippen LogP contribution in [-0.2, 0) is 6.42 Å². The molecule has 0 amide bonds. The van der Waals surface area contributed by atoms with E-state index < -0.39 is 0 Å². The fraction of sp³-hybridized carbons (Fsp3) is 0.538. The summed E-state index contributed by atoms with van der Waals surface area (Å²) in [4.78, 5) is 0. The van der Waals surface area contributed by atoms with E-state index in [1.807, 2.05) is 12.1 Å². The monoisotopic (exact) mass is 221 g/mol. The van der Waals surface area contributed by atoms with E-state index in [1.54, 1.807) is 14.2 Å². The summed E-state index contributed by atoms with van der Waals surface area (Å²) in [7, 11) is 3.36. The number of ether oxygens (including phenoxy) is 2. The first-order valence-electron chi connectivity index (χ1n) is 5.78. The summed E-state index contributed by atoms with van der Waals surface area (Å²) in [5.41, 5.74) is 1.20. The molecule has 1 aliphatic carbocycles. The fourth-order valence-electron chi connectivity index (χ4n) is 1.85. The SMILES string of the molecule is COc1cccc(CCNC2CC2)c1OC. The standard InChI is InChI=1S/C13H19NO2/c1-15-12-5-3-4-10(13(12)16-2)8-9-14-11-6-7-11/h3-5,11,14H,6-9H2,1-2H3. The van der Waals surface area contributed by atoms with Gasteiger partial charge in [-0.1, -0.05) is 12.1 Å². The van der Waals surface area contributed by atoms with E-state index >= 15 is 0 Å². The lowest BCUT2D eigenvalue weighted by atomic mass is 10.1. The number of para-hydroxylation sites is 1. The van der Waals surface area contributed by atoms with Crippen molar-refractivity contribution in [2.24, 2.45) is 0 Å². The molecule has 0 aliphatic heterocycles. The smallest absolute Gasteiger partial charge is 0.163 e. The van der Waals surface area contributed by atoms with Crippen LogP contribution in [0.2, 0.25) is 0 Å². The van der Waals surface area contributed by atoms with Crippen molar-refractivity contribution in [2.45, 2.75) is 25.3 Å². The van der Waals surface area contributed by atoms with Crippen LogP contribution in [0.3, 0.4) is 0 Å². The van der Waals surface area contributed by atoms with Crippen LogP contribution in [0, 0.1) is 0 Å². The Hall–Kier alpha value is -1.22. The Morgan fingerprint density at radius 1 is 1.25 bits per heavy atom. The Labute approximate surface area is 96.8 Å². The highest BCUT2D eigenvalue weighted by Gasteiger charge is 2.20. The third-order valence-corrected chi connectivity index (χ3v) is 2.89. The molecule has 1 fully saturated rings. The van der Waals surface area contributed by atoms with Gasteiger partial charge in [0.25, 0.3) is 0 Å². The average molecular weight is 221 g/mol. The zero-order chi connectivity index (χ0) is 11.4. The largest absolute Gasteiger partial charge is 0.493 e. The summed E-state index contributed by atoms with van der Waals surface area (Å²) in [5.74, 6) is 1.68. The Balaban J connectivity index is 1.99. The van der Waals surface area contributed by atoms with Gasteiger partial charge < -0.3 is 14.8 Å². The first-order chi connectivity index (χ1) is 7.85. The normalized spacial score (nSPS) is 14.9. The zero-order valence-electron chi connectivity index (χ0n) is 9.95. The second kappa shape index (κ2) is 5.21. The molecule has 3 nitrogen and oxygen atoms in total. The summed E-state index contributed by atoms with van der Waals surface area (Å²) < 4.78 is 10.7. The molecule has 0 bridgehead atoms. The first kappa shape index (κ1) is 11.3. The Morgan fingerprint density at radius 2 is 2.06 bits per heavy atom. The number of rotatable bonds is 6. The second-order valence-electron chi connectivity index (χ2n) is 4.13. The molecule has 2 rings (SSSR count). The van der Waals surface area contributed by atoms with Gasteiger partial charge in [0.05, 0.1) is 14.2 Å². The van der Waals surface area contributed by atoms with Gasteiger partial charge in [0.1, 0.15) is 0 Å². The molecule has 16 heavy (non-hydrogen) atoms. The van der Waals surface area contributed by atoms with Crippen molar-refractivity contribution in [3.05, 3.63) is 23.8 Å². The highest BCUT2D eigenvalue weighted by molar-refractivity contribution is 5.46. The van der Waals surface area contributed by atoms with Crippen molar-refractivity contribution < 1.29 is 9.47 Å². The van der Waals surface area contributed by atoms with E-state index in [-0.39, 0.29) is 0 Å². The number of methoxy groups -OCH3 is 2. The average Bonchev–Trinajstić information content (AvgIpc) is 3.12. The highest BCUT2D eigenvalue weighted by Crippen LogP contribution is 2.30. The molecule has 1 saturated carbocycles. The molecule has 3 heteroatoms. The molecule has 88 valence electrons. The molecule has 0 unspecified atom stereocenters. The van der Waals surface area contributed by atoms with Crippen LogP contribution >= 0.6 is 0 Å². The maximum Gasteiger partial charge on any atom is 0.163 e. The summed E-state index contributed by atoms with van der Waals surface area (Å²) in [5, 5.41) is 3.50. The lowest BCUT2D eigenvalue weighted by Crippen LogP contribution is -2.19. The van der Waals surface area contributed by atoms with Gasteiger partial charge in [0.15, 0.2) is 11.5 Å². The van der Waals surface area contributed by atoms with Crippen LogP contribution in [0.5, 0.6) is 11.5 Å². The first-order valence-corrected chi connectivity index (χ1v) is 5.78. The Kier molecular flexibility index (Phi) is 3.67. The van der Waals surface area contributed by atoms with Gasteiger partial charge in [-0.15, -0.1) is 0 Å². The van der Waals surface area contributed by atoms with Crippen molar-refractivity contribution in [1.82, 2.24) is 5.32 Å². The van der Waals surface area contributed by atoms with Gasteiger partial charge in [0, 0.05) is 6.04 Å². The molecule has 1 aromatic rings. The van der Waals surface area contributed by atoms with Gasteiger partial charge in [0.2, 0.25) is 0 Å². The second-order valence-corrected chi connectivity index (χ2v) is 4.13. The van der Waals surface area contributed by atoms with E-state index in [2.05, 4.69) is 11.4 Å². The minimum Gasteiger partial charge on any atom is -0.493 e. The van der Waals surface area contributed by atoms with Crippen LogP contribution in [0.4, 0.5) is 0 Å². The maximum atomic E-state index is 5.39. The van der Waals surface area contributed by atoms with Crippen molar-refractivity contribution in [1.29, 1.82) is 0 Å². The topological polar surface area (TPSA) is 30.5 Å². The van der Waals surface area contributed by atoms with E-state index in [0.717, 1.165) is 30.5 Å². The van der Waals surface area contributed by atoms with Crippen molar-refractivity contribution in [3.63, 3.8) is 0 Å². The number of benzene rings is 1. The van der Waals surface area contributed by atoms with E-state index in [0.29, 0.717) is 0 Å². The number of hydrogen-bond donors (Lipinski definition) is 1. The molecule has 0 radical (unpaired) electrons. The molecule has 0 heterocycles. The summed E-state index contributed by atoms with van der Waals surface area (Å²) in [6.07, 6.45) is 3.64. The lowest BCUT2D eigenvalue weighted by molar-refractivity contribution is 0.351. The lowest BCUT2D eigenvalue weighted by Gasteiger charge is -2.12. The zero-order valence-corrected chi connectivity index (χ0v) is 9.95. The minimum atomic E-state index is 0.761. The molecule has 1 aromatic carbocycles. The predicted molar refractivity (Wildman–Crippen MR) is 64.3 cm³/mol. The summed E-state index contributed by atoms with van der Waals surface area (Å²) in [6, 6.07) is 6.79. The van der Waals surface area contributed by atoms with Gasteiger partial charge in [-0.2, -0.15) is 0 Å². The van der Waals surface area contributed by atoms with Crippen molar-refractivity contribution >= 4 is 0 Å². The minimum absolute atomic E-state index is 0.761. The predicted octanol–water partition coefficient (Wildman–Crippen LogP) is 2.00. The molecular formula is C13H19NO2. The van der Waals surface area contributed by atoms with Crippen LogP contribution in [0.15, 0.2) is 18.2 Å². The molecule has 0 atom stereocenters. The Morgan fingerprint density at radius 3 is 2.69 bits per heavy atom. The van der Waals surface area contributed by atoms with Crippen LogP contribution in [0.1, 0.15) is 18.4 Å². The molecular weight excluding hydrogens is 202 g/mol. The quantitative estimate of drug-likeness (QED) is 0.797. The van der Waals surface area contributed by atoms with Crippen LogP contribution < -0.4 is 14.8 Å². The van der Waals surface area contributed by atoms with Gasteiger partial charge >= 0.3 is 0 Å². The number of hydrogen-bond acceptors (Lipinski definition) is 3.